The fraction of sp³-hybridized carbons (Fsp3) is 0.235. The Balaban J connectivity index is 1.85. The number of benzene rings is 1. The first-order chi connectivity index (χ1) is 11.1. The van der Waals surface area contributed by atoms with E-state index in [4.69, 9.17) is 0 Å². The van der Waals surface area contributed by atoms with E-state index < -0.39 is 0 Å². The zero-order valence-corrected chi connectivity index (χ0v) is 13.2. The molecule has 2 N–H and O–H groups in total. The van der Waals surface area contributed by atoms with E-state index >= 15 is 0 Å². The molecule has 3 amide bonds. The minimum atomic E-state index is -0.310. The second-order valence-electron chi connectivity index (χ2n) is 5.23. The lowest BCUT2D eigenvalue weighted by atomic mass is 10.2. The molecule has 0 aliphatic heterocycles. The standard InChI is InChI=1S/C17H20N4O2/c1-21(2)16(22)13-6-5-8-15(12-13)20-17(23)19-11-9-14-7-3-4-10-18-14/h3-8,10,12H,9,11H2,1-2H3,(H2,19,20,23). The van der Waals surface area contributed by atoms with Crippen molar-refractivity contribution < 1.29 is 9.59 Å². The molecule has 0 unspecified atom stereocenters. The number of aromatic nitrogens is 1. The molecule has 2 aromatic rings. The molecule has 1 heterocycles. The highest BCUT2D eigenvalue weighted by molar-refractivity contribution is 5.96. The number of amides is 3. The van der Waals surface area contributed by atoms with Crippen LogP contribution in [0.25, 0.3) is 0 Å². The molecule has 0 spiro atoms. The van der Waals surface area contributed by atoms with Crippen molar-refractivity contribution in [3.8, 4) is 0 Å². The SMILES string of the molecule is CN(C)C(=O)c1cccc(NC(=O)NCCc2ccccn2)c1. The molecule has 1 aromatic carbocycles. The maximum atomic E-state index is 11.9. The van der Waals surface area contributed by atoms with E-state index in [9.17, 15) is 9.59 Å². The molecule has 0 aliphatic rings. The first-order valence-corrected chi connectivity index (χ1v) is 7.33. The molecule has 0 saturated heterocycles. The van der Waals surface area contributed by atoms with Gasteiger partial charge in [0.2, 0.25) is 0 Å². The normalized spacial score (nSPS) is 10.0. The van der Waals surface area contributed by atoms with Gasteiger partial charge in [0.05, 0.1) is 0 Å². The fourth-order valence-electron chi connectivity index (χ4n) is 2.01. The smallest absolute Gasteiger partial charge is 0.319 e. The predicted octanol–water partition coefficient (Wildman–Crippen LogP) is 2.15. The Kier molecular flexibility index (Phi) is 5.68. The summed E-state index contributed by atoms with van der Waals surface area (Å²) in [5, 5.41) is 5.49. The summed E-state index contributed by atoms with van der Waals surface area (Å²) < 4.78 is 0. The van der Waals surface area contributed by atoms with Crippen molar-refractivity contribution in [3.05, 3.63) is 59.9 Å². The van der Waals surface area contributed by atoms with E-state index in [1.165, 1.54) is 4.90 Å². The van der Waals surface area contributed by atoms with Crippen LogP contribution >= 0.6 is 0 Å². The van der Waals surface area contributed by atoms with Crippen molar-refractivity contribution in [2.45, 2.75) is 6.42 Å². The van der Waals surface area contributed by atoms with Crippen LogP contribution in [-0.2, 0) is 6.42 Å². The number of urea groups is 1. The number of nitrogens with zero attached hydrogens (tertiary/aromatic N) is 2. The van der Waals surface area contributed by atoms with Gasteiger partial charge in [0.15, 0.2) is 0 Å². The summed E-state index contributed by atoms with van der Waals surface area (Å²) in [5.41, 5.74) is 2.03. The van der Waals surface area contributed by atoms with E-state index in [0.29, 0.717) is 24.2 Å². The van der Waals surface area contributed by atoms with E-state index in [2.05, 4.69) is 15.6 Å². The van der Waals surface area contributed by atoms with Crippen molar-refractivity contribution in [2.24, 2.45) is 0 Å². The van der Waals surface area contributed by atoms with Crippen LogP contribution in [0.2, 0.25) is 0 Å². The monoisotopic (exact) mass is 312 g/mol. The average Bonchev–Trinajstić information content (AvgIpc) is 2.55. The van der Waals surface area contributed by atoms with Gasteiger partial charge in [-0.3, -0.25) is 9.78 Å². The van der Waals surface area contributed by atoms with Gasteiger partial charge in [-0.15, -0.1) is 0 Å². The molecule has 1 aromatic heterocycles. The number of anilines is 1. The highest BCUT2D eigenvalue weighted by Crippen LogP contribution is 2.11. The number of nitrogens with one attached hydrogen (secondary N) is 2. The van der Waals surface area contributed by atoms with Crippen LogP contribution in [0, 0.1) is 0 Å². The zero-order valence-electron chi connectivity index (χ0n) is 13.2. The minimum Gasteiger partial charge on any atom is -0.345 e. The van der Waals surface area contributed by atoms with Crippen molar-refractivity contribution in [2.75, 3.05) is 26.0 Å². The van der Waals surface area contributed by atoms with Gasteiger partial charge in [0, 0.05) is 50.2 Å². The number of carbonyl (C=O) groups excluding carboxylic acids is 2. The number of carbonyl (C=O) groups is 2. The van der Waals surface area contributed by atoms with Crippen LogP contribution < -0.4 is 10.6 Å². The van der Waals surface area contributed by atoms with Gasteiger partial charge in [-0.1, -0.05) is 12.1 Å². The lowest BCUT2D eigenvalue weighted by molar-refractivity contribution is 0.0827. The van der Waals surface area contributed by atoms with Crippen LogP contribution in [0.3, 0.4) is 0 Å². The van der Waals surface area contributed by atoms with Crippen molar-refractivity contribution in [1.29, 1.82) is 0 Å². The van der Waals surface area contributed by atoms with E-state index in [-0.39, 0.29) is 11.9 Å². The lowest BCUT2D eigenvalue weighted by Crippen LogP contribution is -2.30. The summed E-state index contributed by atoms with van der Waals surface area (Å²) in [6.45, 7) is 0.485. The maximum absolute atomic E-state index is 11.9. The van der Waals surface area contributed by atoms with Crippen LogP contribution in [0.5, 0.6) is 0 Å². The van der Waals surface area contributed by atoms with Gasteiger partial charge >= 0.3 is 6.03 Å². The Labute approximate surface area is 135 Å². The summed E-state index contributed by atoms with van der Waals surface area (Å²) in [7, 11) is 3.37. The first kappa shape index (κ1) is 16.5. The van der Waals surface area contributed by atoms with Gasteiger partial charge in [-0.25, -0.2) is 4.79 Å². The quantitative estimate of drug-likeness (QED) is 0.888. The summed E-state index contributed by atoms with van der Waals surface area (Å²) in [6.07, 6.45) is 2.38. The molecule has 0 atom stereocenters. The number of pyridine rings is 1. The predicted molar refractivity (Wildman–Crippen MR) is 89.4 cm³/mol. The molecule has 0 saturated carbocycles. The molecule has 0 bridgehead atoms. The van der Waals surface area contributed by atoms with Gasteiger partial charge < -0.3 is 15.5 Å². The largest absolute Gasteiger partial charge is 0.345 e. The maximum Gasteiger partial charge on any atom is 0.319 e. The Hall–Kier alpha value is -2.89. The molecular weight excluding hydrogens is 292 g/mol. The molecule has 6 heteroatoms. The third-order valence-electron chi connectivity index (χ3n) is 3.17. The summed E-state index contributed by atoms with van der Waals surface area (Å²) in [5.74, 6) is -0.107. The van der Waals surface area contributed by atoms with Crippen LogP contribution in [0.4, 0.5) is 10.5 Å². The van der Waals surface area contributed by atoms with Crippen molar-refractivity contribution in [1.82, 2.24) is 15.2 Å². The molecule has 23 heavy (non-hydrogen) atoms. The number of hydrogen-bond donors (Lipinski definition) is 2. The van der Waals surface area contributed by atoms with Crippen molar-refractivity contribution in [3.63, 3.8) is 0 Å². The second-order valence-corrected chi connectivity index (χ2v) is 5.23. The Morgan fingerprint density at radius 3 is 2.65 bits per heavy atom. The van der Waals surface area contributed by atoms with E-state index in [0.717, 1.165) is 5.69 Å². The molecule has 2 rings (SSSR count). The Morgan fingerprint density at radius 2 is 1.96 bits per heavy atom. The van der Waals surface area contributed by atoms with Gasteiger partial charge in [0.25, 0.3) is 5.91 Å². The molecule has 0 fully saturated rings. The highest BCUT2D eigenvalue weighted by atomic mass is 16.2. The van der Waals surface area contributed by atoms with Gasteiger partial charge in [-0.05, 0) is 30.3 Å². The topological polar surface area (TPSA) is 74.3 Å². The lowest BCUT2D eigenvalue weighted by Gasteiger charge is -2.12. The third-order valence-corrected chi connectivity index (χ3v) is 3.17. The second kappa shape index (κ2) is 7.93. The summed E-state index contributed by atoms with van der Waals surface area (Å²) >= 11 is 0. The number of hydrogen-bond acceptors (Lipinski definition) is 3. The summed E-state index contributed by atoms with van der Waals surface area (Å²) in [6, 6.07) is 12.2. The fourth-order valence-corrected chi connectivity index (χ4v) is 2.01. The van der Waals surface area contributed by atoms with Crippen LogP contribution in [0.1, 0.15) is 16.1 Å². The molecular formula is C17H20N4O2. The molecule has 0 radical (unpaired) electrons. The third kappa shape index (κ3) is 5.10. The van der Waals surface area contributed by atoms with Crippen molar-refractivity contribution >= 4 is 17.6 Å². The molecule has 0 aliphatic carbocycles. The minimum absolute atomic E-state index is 0.107. The van der Waals surface area contributed by atoms with Crippen LogP contribution in [0.15, 0.2) is 48.7 Å². The van der Waals surface area contributed by atoms with Crippen LogP contribution in [-0.4, -0.2) is 42.5 Å². The first-order valence-electron chi connectivity index (χ1n) is 7.33. The van der Waals surface area contributed by atoms with Gasteiger partial charge in [-0.2, -0.15) is 0 Å². The zero-order chi connectivity index (χ0) is 16.7. The van der Waals surface area contributed by atoms with Gasteiger partial charge in [0.1, 0.15) is 0 Å². The average molecular weight is 312 g/mol. The molecule has 6 nitrogen and oxygen atoms in total. The number of rotatable bonds is 5. The van der Waals surface area contributed by atoms with E-state index in [1.54, 1.807) is 44.6 Å². The Morgan fingerprint density at radius 1 is 1.13 bits per heavy atom. The van der Waals surface area contributed by atoms with E-state index in [1.807, 2.05) is 18.2 Å². The summed E-state index contributed by atoms with van der Waals surface area (Å²) in [4.78, 5) is 29.5. The molecule has 120 valence electrons. The Bertz CT molecular complexity index is 671. The highest BCUT2D eigenvalue weighted by Gasteiger charge is 2.09.